The van der Waals surface area contributed by atoms with Crippen molar-refractivity contribution < 1.29 is 48.7 Å². The molecule has 1 fully saturated rings. The minimum atomic E-state index is -1.24. The zero-order chi connectivity index (χ0) is 13.6. The van der Waals surface area contributed by atoms with Crippen molar-refractivity contribution in [1.29, 1.82) is 0 Å². The summed E-state index contributed by atoms with van der Waals surface area (Å²) in [4.78, 5) is 34.6. The summed E-state index contributed by atoms with van der Waals surface area (Å²) in [6, 6.07) is -0.874. The fourth-order valence-corrected chi connectivity index (χ4v) is 1.84. The number of hydrogen-bond acceptors (Lipinski definition) is 4. The number of nitrogens with zero attached hydrogens (tertiary/aromatic N) is 1. The summed E-state index contributed by atoms with van der Waals surface area (Å²) >= 11 is 0. The maximum absolute atomic E-state index is 11.8. The van der Waals surface area contributed by atoms with E-state index in [0.29, 0.717) is 19.6 Å². The summed E-state index contributed by atoms with van der Waals surface area (Å²) in [7, 11) is 0. The molecule has 1 aliphatic heterocycles. The number of unbranched alkanes of at least 4 members (excludes halogenated alkanes) is 1. The molecule has 1 atom stereocenters. The van der Waals surface area contributed by atoms with Crippen molar-refractivity contribution in [1.82, 2.24) is 5.32 Å². The van der Waals surface area contributed by atoms with Crippen molar-refractivity contribution in [3.63, 3.8) is 0 Å². The Balaban J connectivity index is 0.00000324. The number of hydrogen-bond donors (Lipinski definition) is 1. The minimum absolute atomic E-state index is 0. The van der Waals surface area contributed by atoms with Crippen LogP contribution in [0.25, 0.3) is 5.32 Å². The first-order valence-corrected chi connectivity index (χ1v) is 6.26. The molecule has 0 aromatic carbocycles. The molecule has 1 N–H and O–H groups in total. The molecule has 19 heavy (non-hydrogen) atoms. The van der Waals surface area contributed by atoms with Crippen LogP contribution in [0.2, 0.25) is 0 Å². The maximum atomic E-state index is 11.8. The van der Waals surface area contributed by atoms with Gasteiger partial charge in [0.1, 0.15) is 0 Å². The number of barbiturate groups is 1. The molecular formula is C12H19N2NaO4. The van der Waals surface area contributed by atoms with E-state index in [2.05, 4.69) is 17.6 Å². The standard InChI is InChI=1S/C12H20N2O4.Na/c1-3-5-7-18-8-6-12(4-2)9(15)13-11(17)14-10(12)16;/h3-8H2,1-2H3,(H2,13,14,15,16,17);/q;+1/p-1. The largest absolute Gasteiger partial charge is 1.00 e. The third-order valence-electron chi connectivity index (χ3n) is 3.19. The van der Waals surface area contributed by atoms with Crippen molar-refractivity contribution in [2.24, 2.45) is 5.41 Å². The molecule has 0 bridgehead atoms. The molecule has 0 aromatic rings. The fourth-order valence-electron chi connectivity index (χ4n) is 1.84. The van der Waals surface area contributed by atoms with Crippen LogP contribution in [0.5, 0.6) is 0 Å². The van der Waals surface area contributed by atoms with Gasteiger partial charge in [0.05, 0.1) is 5.41 Å². The summed E-state index contributed by atoms with van der Waals surface area (Å²) in [5, 5.41) is 5.39. The Morgan fingerprint density at radius 2 is 1.89 bits per heavy atom. The van der Waals surface area contributed by atoms with Crippen LogP contribution in [-0.4, -0.2) is 31.1 Å². The van der Waals surface area contributed by atoms with Crippen LogP contribution in [0.3, 0.4) is 0 Å². The van der Waals surface area contributed by atoms with Crippen LogP contribution in [0.1, 0.15) is 39.5 Å². The average molecular weight is 278 g/mol. The van der Waals surface area contributed by atoms with Gasteiger partial charge in [0.2, 0.25) is 0 Å². The second kappa shape index (κ2) is 8.68. The zero-order valence-electron chi connectivity index (χ0n) is 11.8. The van der Waals surface area contributed by atoms with Crippen molar-refractivity contribution in [3.05, 3.63) is 5.32 Å². The van der Waals surface area contributed by atoms with Gasteiger partial charge >= 0.3 is 29.6 Å². The van der Waals surface area contributed by atoms with E-state index in [1.54, 1.807) is 6.92 Å². The van der Waals surface area contributed by atoms with Crippen molar-refractivity contribution in [2.75, 3.05) is 13.2 Å². The van der Waals surface area contributed by atoms with Crippen LogP contribution in [0, 0.1) is 5.41 Å². The van der Waals surface area contributed by atoms with Gasteiger partial charge in [0.25, 0.3) is 0 Å². The Hall–Kier alpha value is -0.430. The van der Waals surface area contributed by atoms with Gasteiger partial charge in [-0.25, -0.2) is 0 Å². The molecule has 1 saturated heterocycles. The number of imide groups is 2. The Kier molecular flexibility index (Phi) is 8.49. The first-order valence-electron chi connectivity index (χ1n) is 6.26. The monoisotopic (exact) mass is 278 g/mol. The van der Waals surface area contributed by atoms with Gasteiger partial charge in [-0.3, -0.25) is 14.4 Å². The van der Waals surface area contributed by atoms with Crippen LogP contribution in [0.15, 0.2) is 0 Å². The maximum Gasteiger partial charge on any atom is 1.00 e. The van der Waals surface area contributed by atoms with Crippen LogP contribution >= 0.6 is 0 Å². The molecule has 0 aliphatic carbocycles. The Morgan fingerprint density at radius 1 is 1.21 bits per heavy atom. The predicted octanol–water partition coefficient (Wildman–Crippen LogP) is -1.26. The van der Waals surface area contributed by atoms with E-state index in [-0.39, 0.29) is 36.0 Å². The van der Waals surface area contributed by atoms with E-state index >= 15 is 0 Å². The van der Waals surface area contributed by atoms with E-state index in [4.69, 9.17) is 4.74 Å². The first-order chi connectivity index (χ1) is 8.56. The Labute approximate surface area is 135 Å². The number of ether oxygens (including phenoxy) is 1. The summed E-state index contributed by atoms with van der Waals surface area (Å²) in [6.45, 7) is 4.72. The van der Waals surface area contributed by atoms with Gasteiger partial charge in [-0.1, -0.05) is 20.3 Å². The number of carbonyl (C=O) groups excluding carboxylic acids is 3. The van der Waals surface area contributed by atoms with E-state index in [9.17, 15) is 14.4 Å². The molecule has 1 unspecified atom stereocenters. The fraction of sp³-hybridized carbons (Fsp3) is 0.750. The van der Waals surface area contributed by atoms with Gasteiger partial charge in [0.15, 0.2) is 17.8 Å². The quantitative estimate of drug-likeness (QED) is 0.358. The molecule has 1 heterocycles. The topological polar surface area (TPSA) is 86.6 Å². The summed E-state index contributed by atoms with van der Waals surface area (Å²) in [5.74, 6) is -1.22. The van der Waals surface area contributed by atoms with Gasteiger partial charge in [-0.2, -0.15) is 0 Å². The molecule has 4 amide bonds. The molecule has 7 heteroatoms. The molecule has 0 radical (unpaired) electrons. The molecular weight excluding hydrogens is 259 g/mol. The van der Waals surface area contributed by atoms with E-state index < -0.39 is 23.3 Å². The second-order valence-electron chi connectivity index (χ2n) is 4.33. The molecule has 6 nitrogen and oxygen atoms in total. The molecule has 1 aliphatic rings. The summed E-state index contributed by atoms with van der Waals surface area (Å²) < 4.78 is 5.37. The number of rotatable bonds is 7. The summed E-state index contributed by atoms with van der Waals surface area (Å²) in [5.41, 5.74) is -1.24. The van der Waals surface area contributed by atoms with Gasteiger partial charge in [-0.05, 0) is 19.3 Å². The Bertz CT molecular complexity index is 327. The predicted molar refractivity (Wildman–Crippen MR) is 65.0 cm³/mol. The number of nitrogens with one attached hydrogen (secondary N) is 1. The van der Waals surface area contributed by atoms with Crippen molar-refractivity contribution in [2.45, 2.75) is 39.5 Å². The third-order valence-corrected chi connectivity index (χ3v) is 3.19. The van der Waals surface area contributed by atoms with Gasteiger partial charge in [-0.15, -0.1) is 0 Å². The number of carbonyl (C=O) groups is 3. The van der Waals surface area contributed by atoms with Crippen molar-refractivity contribution >= 4 is 17.8 Å². The van der Waals surface area contributed by atoms with Crippen LogP contribution in [0.4, 0.5) is 4.79 Å². The van der Waals surface area contributed by atoms with Crippen LogP contribution in [-0.2, 0) is 14.3 Å². The van der Waals surface area contributed by atoms with E-state index in [1.807, 2.05) is 0 Å². The third kappa shape index (κ3) is 4.56. The van der Waals surface area contributed by atoms with Gasteiger partial charge < -0.3 is 15.4 Å². The van der Waals surface area contributed by atoms with E-state index in [1.165, 1.54) is 0 Å². The second-order valence-corrected chi connectivity index (χ2v) is 4.33. The summed E-state index contributed by atoms with van der Waals surface area (Å²) in [6.07, 6.45) is 2.55. The average Bonchev–Trinajstić information content (AvgIpc) is 2.32. The molecule has 0 aromatic heterocycles. The Morgan fingerprint density at radius 3 is 2.42 bits per heavy atom. The van der Waals surface area contributed by atoms with Gasteiger partial charge in [0, 0.05) is 13.2 Å². The normalized spacial score (nSPS) is 22.5. The number of amides is 4. The molecule has 102 valence electrons. The molecule has 0 saturated carbocycles. The SMILES string of the molecule is CCCCOCCC1(CC)C(=O)[N-]C(=O)NC1=O.[Na+]. The smallest absolute Gasteiger partial charge is 0.394 e. The minimum Gasteiger partial charge on any atom is -0.394 e. The van der Waals surface area contributed by atoms with E-state index in [0.717, 1.165) is 12.8 Å². The first kappa shape index (κ1) is 18.6. The molecule has 1 rings (SSSR count). The van der Waals surface area contributed by atoms with Crippen molar-refractivity contribution in [3.8, 4) is 0 Å². The molecule has 0 spiro atoms. The number of urea groups is 1. The zero-order valence-corrected chi connectivity index (χ0v) is 13.8. The van der Waals surface area contributed by atoms with Crippen LogP contribution < -0.4 is 34.9 Å².